The van der Waals surface area contributed by atoms with Crippen LogP contribution in [0.2, 0.25) is 0 Å². The van der Waals surface area contributed by atoms with E-state index in [1.807, 2.05) is 20.8 Å². The van der Waals surface area contributed by atoms with Crippen LogP contribution < -0.4 is 20.3 Å². The summed E-state index contributed by atoms with van der Waals surface area (Å²) in [5.74, 6) is -0.0863. The molecular weight excluding hydrogens is 396 g/mol. The minimum atomic E-state index is -0.394. The number of pyridine rings is 1. The SMILES string of the molecule is CCC(C)(C)NC(=O)CN(C(=O)CCC(=O)Nc1ccccn1)c1ccccc1OC. The molecule has 2 rings (SSSR count). The summed E-state index contributed by atoms with van der Waals surface area (Å²) in [5, 5.41) is 5.59. The maximum atomic E-state index is 13.0. The summed E-state index contributed by atoms with van der Waals surface area (Å²) < 4.78 is 5.37. The van der Waals surface area contributed by atoms with Gasteiger partial charge in [-0.3, -0.25) is 19.3 Å². The van der Waals surface area contributed by atoms with Gasteiger partial charge in [-0.05, 0) is 44.5 Å². The lowest BCUT2D eigenvalue weighted by Crippen LogP contribution is -2.48. The van der Waals surface area contributed by atoms with Crippen molar-refractivity contribution in [3.63, 3.8) is 0 Å². The smallest absolute Gasteiger partial charge is 0.240 e. The van der Waals surface area contributed by atoms with Gasteiger partial charge in [-0.15, -0.1) is 0 Å². The van der Waals surface area contributed by atoms with Crippen LogP contribution >= 0.6 is 0 Å². The first-order valence-electron chi connectivity index (χ1n) is 10.2. The molecule has 0 atom stereocenters. The largest absolute Gasteiger partial charge is 0.495 e. The summed E-state index contributed by atoms with van der Waals surface area (Å²) >= 11 is 0. The number of nitrogens with zero attached hydrogens (tertiary/aromatic N) is 2. The van der Waals surface area contributed by atoms with Gasteiger partial charge in [0.15, 0.2) is 0 Å². The van der Waals surface area contributed by atoms with Crippen molar-refractivity contribution < 1.29 is 19.1 Å². The lowest BCUT2D eigenvalue weighted by atomic mass is 10.0. The summed E-state index contributed by atoms with van der Waals surface area (Å²) in [4.78, 5) is 43.3. The van der Waals surface area contributed by atoms with E-state index in [1.165, 1.54) is 12.0 Å². The van der Waals surface area contributed by atoms with Crippen molar-refractivity contribution >= 4 is 29.2 Å². The number of amides is 3. The van der Waals surface area contributed by atoms with E-state index in [4.69, 9.17) is 4.74 Å². The minimum Gasteiger partial charge on any atom is -0.495 e. The van der Waals surface area contributed by atoms with Crippen molar-refractivity contribution in [2.75, 3.05) is 23.9 Å². The topological polar surface area (TPSA) is 101 Å². The van der Waals surface area contributed by atoms with Gasteiger partial charge in [-0.1, -0.05) is 25.1 Å². The van der Waals surface area contributed by atoms with Crippen LogP contribution in [-0.2, 0) is 14.4 Å². The summed E-state index contributed by atoms with van der Waals surface area (Å²) in [5.41, 5.74) is 0.0828. The summed E-state index contributed by atoms with van der Waals surface area (Å²) in [6.45, 7) is 5.64. The molecule has 8 heteroatoms. The molecule has 0 saturated carbocycles. The maximum absolute atomic E-state index is 13.0. The van der Waals surface area contributed by atoms with Gasteiger partial charge in [-0.2, -0.15) is 0 Å². The summed E-state index contributed by atoms with van der Waals surface area (Å²) in [6.07, 6.45) is 2.21. The molecule has 0 saturated heterocycles. The Morgan fingerprint density at radius 1 is 1.03 bits per heavy atom. The second-order valence-electron chi connectivity index (χ2n) is 7.70. The van der Waals surface area contributed by atoms with Gasteiger partial charge in [0.1, 0.15) is 18.1 Å². The zero-order valence-corrected chi connectivity index (χ0v) is 18.5. The van der Waals surface area contributed by atoms with E-state index in [2.05, 4.69) is 15.6 Å². The Labute approximate surface area is 183 Å². The molecule has 0 radical (unpaired) electrons. The van der Waals surface area contributed by atoms with Crippen LogP contribution in [0, 0.1) is 0 Å². The number of nitrogens with one attached hydrogen (secondary N) is 2. The number of carbonyl (C=O) groups excluding carboxylic acids is 3. The van der Waals surface area contributed by atoms with E-state index in [9.17, 15) is 14.4 Å². The summed E-state index contributed by atoms with van der Waals surface area (Å²) in [6, 6.07) is 12.1. The fraction of sp³-hybridized carbons (Fsp3) is 0.391. The average Bonchev–Trinajstić information content (AvgIpc) is 2.76. The molecule has 0 aliphatic heterocycles. The highest BCUT2D eigenvalue weighted by molar-refractivity contribution is 6.02. The van der Waals surface area contributed by atoms with Crippen molar-refractivity contribution in [1.82, 2.24) is 10.3 Å². The third-order valence-corrected chi connectivity index (χ3v) is 4.84. The zero-order chi connectivity index (χ0) is 22.9. The second kappa shape index (κ2) is 11.1. The molecule has 31 heavy (non-hydrogen) atoms. The minimum absolute atomic E-state index is 0.0386. The van der Waals surface area contributed by atoms with E-state index < -0.39 is 5.54 Å². The zero-order valence-electron chi connectivity index (χ0n) is 18.5. The number of hydrogen-bond donors (Lipinski definition) is 2. The number of benzene rings is 1. The number of aromatic nitrogens is 1. The van der Waals surface area contributed by atoms with Crippen LogP contribution in [-0.4, -0.2) is 41.9 Å². The Bertz CT molecular complexity index is 899. The molecule has 1 aromatic carbocycles. The molecule has 2 aromatic rings. The Hall–Kier alpha value is -3.42. The van der Waals surface area contributed by atoms with Crippen molar-refractivity contribution in [3.05, 3.63) is 48.7 Å². The Balaban J connectivity index is 2.12. The third-order valence-electron chi connectivity index (χ3n) is 4.84. The molecule has 8 nitrogen and oxygen atoms in total. The van der Waals surface area contributed by atoms with Crippen molar-refractivity contribution in [2.45, 2.75) is 45.6 Å². The molecule has 0 spiro atoms. The van der Waals surface area contributed by atoms with Gasteiger partial charge < -0.3 is 15.4 Å². The Kier molecular flexibility index (Phi) is 8.54. The number of carbonyl (C=O) groups is 3. The van der Waals surface area contributed by atoms with Crippen LogP contribution in [0.4, 0.5) is 11.5 Å². The van der Waals surface area contributed by atoms with Crippen LogP contribution in [0.1, 0.15) is 40.0 Å². The van der Waals surface area contributed by atoms with Crippen LogP contribution in [0.25, 0.3) is 0 Å². The molecule has 1 heterocycles. The van der Waals surface area contributed by atoms with Gasteiger partial charge in [0.2, 0.25) is 17.7 Å². The highest BCUT2D eigenvalue weighted by Gasteiger charge is 2.25. The third kappa shape index (κ3) is 7.40. The van der Waals surface area contributed by atoms with E-state index in [0.717, 1.165) is 6.42 Å². The number of rotatable bonds is 10. The van der Waals surface area contributed by atoms with E-state index in [-0.39, 0.29) is 37.1 Å². The molecule has 3 amide bonds. The number of ether oxygens (including phenoxy) is 1. The van der Waals surface area contributed by atoms with Crippen molar-refractivity contribution in [3.8, 4) is 5.75 Å². The van der Waals surface area contributed by atoms with Crippen molar-refractivity contribution in [2.24, 2.45) is 0 Å². The fourth-order valence-corrected chi connectivity index (χ4v) is 2.81. The van der Waals surface area contributed by atoms with Gasteiger partial charge >= 0.3 is 0 Å². The maximum Gasteiger partial charge on any atom is 0.240 e. The molecule has 0 aliphatic carbocycles. The van der Waals surface area contributed by atoms with Crippen molar-refractivity contribution in [1.29, 1.82) is 0 Å². The lowest BCUT2D eigenvalue weighted by molar-refractivity contribution is -0.125. The van der Waals surface area contributed by atoms with Gasteiger partial charge in [0.25, 0.3) is 0 Å². The number of methoxy groups -OCH3 is 1. The standard InChI is InChI=1S/C23H30N4O4/c1-5-23(2,3)26-21(29)16-27(17-10-6-7-11-18(17)31-4)22(30)14-13-20(28)25-19-12-8-9-15-24-19/h6-12,15H,5,13-14,16H2,1-4H3,(H,26,29)(H,24,25,28). The highest BCUT2D eigenvalue weighted by Crippen LogP contribution is 2.28. The first kappa shape index (κ1) is 23.9. The Morgan fingerprint density at radius 2 is 1.74 bits per heavy atom. The predicted octanol–water partition coefficient (Wildman–Crippen LogP) is 3.15. The molecule has 2 N–H and O–H groups in total. The summed E-state index contributed by atoms with van der Waals surface area (Å²) in [7, 11) is 1.50. The normalized spacial score (nSPS) is 10.8. The van der Waals surface area contributed by atoms with Crippen LogP contribution in [0.3, 0.4) is 0 Å². The quantitative estimate of drug-likeness (QED) is 0.608. The molecular formula is C23H30N4O4. The second-order valence-corrected chi connectivity index (χ2v) is 7.70. The molecule has 1 aromatic heterocycles. The predicted molar refractivity (Wildman–Crippen MR) is 120 cm³/mol. The Morgan fingerprint density at radius 3 is 2.39 bits per heavy atom. The number of para-hydroxylation sites is 2. The average molecular weight is 427 g/mol. The number of anilines is 2. The molecule has 0 fully saturated rings. The van der Waals surface area contributed by atoms with E-state index >= 15 is 0 Å². The monoisotopic (exact) mass is 426 g/mol. The first-order valence-corrected chi connectivity index (χ1v) is 10.2. The lowest BCUT2D eigenvalue weighted by Gasteiger charge is -2.28. The first-order chi connectivity index (χ1) is 14.8. The van der Waals surface area contributed by atoms with Crippen LogP contribution in [0.5, 0.6) is 5.75 Å². The van der Waals surface area contributed by atoms with Gasteiger partial charge in [0, 0.05) is 24.6 Å². The number of hydrogen-bond acceptors (Lipinski definition) is 5. The van der Waals surface area contributed by atoms with E-state index in [0.29, 0.717) is 17.3 Å². The van der Waals surface area contributed by atoms with E-state index in [1.54, 1.807) is 48.7 Å². The molecule has 0 unspecified atom stereocenters. The highest BCUT2D eigenvalue weighted by atomic mass is 16.5. The molecule has 166 valence electrons. The van der Waals surface area contributed by atoms with Gasteiger partial charge in [0.05, 0.1) is 12.8 Å². The van der Waals surface area contributed by atoms with Gasteiger partial charge in [-0.25, -0.2) is 4.98 Å². The molecule has 0 aliphatic rings. The fourth-order valence-electron chi connectivity index (χ4n) is 2.81. The molecule has 0 bridgehead atoms. The van der Waals surface area contributed by atoms with Crippen LogP contribution in [0.15, 0.2) is 48.7 Å².